The lowest BCUT2D eigenvalue weighted by Gasteiger charge is -2.28. The molecule has 0 aliphatic carbocycles. The summed E-state index contributed by atoms with van der Waals surface area (Å²) in [7, 11) is -3.37. The van der Waals surface area contributed by atoms with Gasteiger partial charge in [-0.15, -0.1) is 0 Å². The second-order valence-electron chi connectivity index (χ2n) is 10.6. The summed E-state index contributed by atoms with van der Waals surface area (Å²) in [6.07, 6.45) is 3.53. The van der Waals surface area contributed by atoms with Crippen LogP contribution >= 0.6 is 0 Å². The van der Waals surface area contributed by atoms with E-state index in [-0.39, 0.29) is 0 Å². The first-order chi connectivity index (χ1) is 18.5. The summed E-state index contributed by atoms with van der Waals surface area (Å²) in [5.41, 5.74) is 5.89. The van der Waals surface area contributed by atoms with Crippen LogP contribution in [0, 0.1) is 0 Å². The van der Waals surface area contributed by atoms with Crippen LogP contribution in [0.15, 0.2) is 109 Å². The van der Waals surface area contributed by atoms with Gasteiger partial charge in [-0.25, -0.2) is 8.42 Å². The monoisotopic (exact) mass is 535 g/mol. The van der Waals surface area contributed by atoms with Gasteiger partial charge in [0.15, 0.2) is 9.84 Å². The van der Waals surface area contributed by atoms with Crippen molar-refractivity contribution in [3.8, 4) is 22.3 Å². The fourth-order valence-corrected chi connectivity index (χ4v) is 6.27. The summed E-state index contributed by atoms with van der Waals surface area (Å²) < 4.78 is 24.8. The Hall–Kier alpha value is -3.80. The zero-order chi connectivity index (χ0) is 27.8. The molecule has 5 rings (SSSR count). The van der Waals surface area contributed by atoms with Crippen molar-refractivity contribution in [2.45, 2.75) is 37.5 Å². The van der Waals surface area contributed by atoms with Gasteiger partial charge in [-0.05, 0) is 84.0 Å². The number of aromatic nitrogens is 1. The fraction of sp³-hybridized carbons (Fsp3) is 0.206. The molecule has 0 aliphatic heterocycles. The number of pyridine rings is 1. The number of aliphatic hydroxyl groups is 1. The Morgan fingerprint density at radius 1 is 0.718 bits per heavy atom. The van der Waals surface area contributed by atoms with Crippen LogP contribution in [0.1, 0.15) is 43.9 Å². The zero-order valence-electron chi connectivity index (χ0n) is 22.7. The minimum Gasteiger partial charge on any atom is -0.381 e. The van der Waals surface area contributed by atoms with Crippen LogP contribution in [0.3, 0.4) is 0 Å². The summed E-state index contributed by atoms with van der Waals surface area (Å²) in [4.78, 5) is 4.67. The highest BCUT2D eigenvalue weighted by atomic mass is 32.2. The number of rotatable bonds is 7. The van der Waals surface area contributed by atoms with Crippen LogP contribution in [0.4, 0.5) is 0 Å². The smallest absolute Gasteiger partial charge is 0.157 e. The lowest BCUT2D eigenvalue weighted by atomic mass is 9.86. The van der Waals surface area contributed by atoms with Crippen molar-refractivity contribution in [3.05, 3.63) is 126 Å². The van der Waals surface area contributed by atoms with E-state index in [4.69, 9.17) is 0 Å². The third kappa shape index (κ3) is 4.88. The van der Waals surface area contributed by atoms with E-state index >= 15 is 0 Å². The number of sulfone groups is 1. The van der Waals surface area contributed by atoms with Gasteiger partial charge in [-0.3, -0.25) is 4.98 Å². The van der Waals surface area contributed by atoms with Crippen molar-refractivity contribution in [3.63, 3.8) is 0 Å². The lowest BCUT2D eigenvalue weighted by Crippen LogP contribution is -2.31. The van der Waals surface area contributed by atoms with E-state index in [0.29, 0.717) is 6.42 Å². The van der Waals surface area contributed by atoms with Gasteiger partial charge in [0.05, 0.1) is 10.3 Å². The summed E-state index contributed by atoms with van der Waals surface area (Å²) in [6.45, 7) is 5.52. The molecular weight excluding hydrogens is 502 g/mol. The molecule has 0 radical (unpaired) electrons. The predicted octanol–water partition coefficient (Wildman–Crippen LogP) is 7.49. The highest BCUT2D eigenvalue weighted by molar-refractivity contribution is 7.91. The summed E-state index contributed by atoms with van der Waals surface area (Å²) in [5.74, 6) is 0. The summed E-state index contributed by atoms with van der Waals surface area (Å²) in [6, 6.07) is 33.6. The van der Waals surface area contributed by atoms with Crippen molar-refractivity contribution in [2.75, 3.05) is 6.26 Å². The largest absolute Gasteiger partial charge is 0.381 e. The molecule has 0 aliphatic rings. The molecule has 0 saturated heterocycles. The molecule has 1 heterocycles. The van der Waals surface area contributed by atoms with E-state index in [1.807, 2.05) is 111 Å². The van der Waals surface area contributed by atoms with Gasteiger partial charge >= 0.3 is 0 Å². The van der Waals surface area contributed by atoms with E-state index in [9.17, 15) is 13.5 Å². The minimum atomic E-state index is -3.37. The van der Waals surface area contributed by atoms with E-state index < -0.39 is 20.2 Å². The van der Waals surface area contributed by atoms with E-state index in [2.05, 4.69) is 11.1 Å². The SMILES string of the molecule is CCC(C)(c1cc(-c2cccc(-c3cccc(C(C)(O)c4ccccc4)c3)c2)c2ncccc2c1)S(C)(=O)=O. The lowest BCUT2D eigenvalue weighted by molar-refractivity contribution is 0.102. The molecule has 1 N–H and O–H groups in total. The van der Waals surface area contributed by atoms with Gasteiger partial charge < -0.3 is 5.11 Å². The first-order valence-corrected chi connectivity index (χ1v) is 15.0. The van der Waals surface area contributed by atoms with E-state index in [1.165, 1.54) is 6.26 Å². The normalized spacial score (nSPS) is 15.0. The molecule has 0 fully saturated rings. The average molecular weight is 536 g/mol. The number of fused-ring (bicyclic) bond motifs is 1. The molecule has 39 heavy (non-hydrogen) atoms. The van der Waals surface area contributed by atoms with Gasteiger partial charge in [-0.1, -0.05) is 79.7 Å². The Bertz CT molecular complexity index is 1760. The third-order valence-corrected chi connectivity index (χ3v) is 10.2. The predicted molar refractivity (Wildman–Crippen MR) is 160 cm³/mol. The van der Waals surface area contributed by atoms with Crippen molar-refractivity contribution in [1.82, 2.24) is 4.98 Å². The number of nitrogens with zero attached hydrogens (tertiary/aromatic N) is 1. The van der Waals surface area contributed by atoms with Crippen LogP contribution in [-0.2, 0) is 20.2 Å². The fourth-order valence-electron chi connectivity index (χ4n) is 5.20. The van der Waals surface area contributed by atoms with Crippen molar-refractivity contribution >= 4 is 20.7 Å². The highest BCUT2D eigenvalue weighted by Crippen LogP contribution is 2.39. The molecule has 2 unspecified atom stereocenters. The Labute approximate surface area is 230 Å². The van der Waals surface area contributed by atoms with Gasteiger partial charge in [0, 0.05) is 23.4 Å². The standard InChI is InChI=1S/C34H33NO3S/c1-5-33(2,39(4,37)38)30-22-27-15-11-19-35-32(27)31(23-30)26-14-9-12-24(20-26)25-13-10-18-29(21-25)34(3,36)28-16-7-6-8-17-28/h6-23,36H,5H2,1-4H3. The average Bonchev–Trinajstić information content (AvgIpc) is 2.96. The molecular formula is C34H33NO3S. The van der Waals surface area contributed by atoms with Crippen molar-refractivity contribution < 1.29 is 13.5 Å². The Kier molecular flexibility index (Phi) is 6.91. The molecule has 0 bridgehead atoms. The Balaban J connectivity index is 1.65. The zero-order valence-corrected chi connectivity index (χ0v) is 23.5. The number of benzene rings is 4. The quantitative estimate of drug-likeness (QED) is 0.234. The van der Waals surface area contributed by atoms with E-state index in [0.717, 1.165) is 49.8 Å². The van der Waals surface area contributed by atoms with Gasteiger partial charge in [0.1, 0.15) is 5.60 Å². The van der Waals surface area contributed by atoms with Crippen molar-refractivity contribution in [2.24, 2.45) is 0 Å². The summed E-state index contributed by atoms with van der Waals surface area (Å²) in [5, 5.41) is 12.3. The maximum Gasteiger partial charge on any atom is 0.157 e. The highest BCUT2D eigenvalue weighted by Gasteiger charge is 2.36. The van der Waals surface area contributed by atoms with Crippen molar-refractivity contribution in [1.29, 1.82) is 0 Å². The number of hydrogen-bond donors (Lipinski definition) is 1. The maximum absolute atomic E-state index is 12.9. The first-order valence-electron chi connectivity index (χ1n) is 13.1. The van der Waals surface area contributed by atoms with Gasteiger partial charge in [-0.2, -0.15) is 0 Å². The second-order valence-corrected chi connectivity index (χ2v) is 13.0. The van der Waals surface area contributed by atoms with Crippen LogP contribution in [0.25, 0.3) is 33.2 Å². The minimum absolute atomic E-state index is 0.464. The maximum atomic E-state index is 12.9. The molecule has 0 saturated carbocycles. The van der Waals surface area contributed by atoms with Crippen LogP contribution in [0.2, 0.25) is 0 Å². The Morgan fingerprint density at radius 3 is 2.05 bits per heavy atom. The number of hydrogen-bond acceptors (Lipinski definition) is 4. The molecule has 5 heteroatoms. The molecule has 4 nitrogen and oxygen atoms in total. The molecule has 198 valence electrons. The molecule has 1 aromatic heterocycles. The molecule has 5 aromatic rings. The van der Waals surface area contributed by atoms with Crippen LogP contribution < -0.4 is 0 Å². The third-order valence-electron chi connectivity index (χ3n) is 8.08. The first kappa shape index (κ1) is 26.8. The van der Waals surface area contributed by atoms with Crippen LogP contribution in [-0.4, -0.2) is 24.8 Å². The molecule has 0 amide bonds. The van der Waals surface area contributed by atoms with E-state index in [1.54, 1.807) is 13.1 Å². The van der Waals surface area contributed by atoms with Gasteiger partial charge in [0.25, 0.3) is 0 Å². The molecule has 2 atom stereocenters. The molecule has 4 aromatic carbocycles. The second kappa shape index (κ2) is 10.1. The van der Waals surface area contributed by atoms with Gasteiger partial charge in [0.2, 0.25) is 0 Å². The molecule has 0 spiro atoms. The van der Waals surface area contributed by atoms with Crippen LogP contribution in [0.5, 0.6) is 0 Å². The topological polar surface area (TPSA) is 67.3 Å². The Morgan fingerprint density at radius 2 is 1.36 bits per heavy atom. The summed E-state index contributed by atoms with van der Waals surface area (Å²) >= 11 is 0.